The number of halogens is 1. The van der Waals surface area contributed by atoms with Gasteiger partial charge in [-0.15, -0.1) is 0 Å². The molecular weight excluding hydrogens is 259 g/mol. The fourth-order valence-electron chi connectivity index (χ4n) is 1.41. The third-order valence-electron chi connectivity index (χ3n) is 2.15. The molecule has 1 aliphatic rings. The van der Waals surface area contributed by atoms with Crippen molar-refractivity contribution < 1.29 is 56.1 Å². The number of pyridine rings is 1. The number of nitrogens with zero attached hydrogens (tertiary/aromatic N) is 2. The molecule has 6 heteroatoms. The minimum atomic E-state index is 0. The molecule has 3 nitrogen and oxygen atoms in total. The van der Waals surface area contributed by atoms with Crippen molar-refractivity contribution >= 4 is 30.0 Å². The Labute approximate surface area is 142 Å². The van der Waals surface area contributed by atoms with E-state index in [-0.39, 0.29) is 51.4 Å². The molecule has 76 valence electrons. The van der Waals surface area contributed by atoms with Crippen molar-refractivity contribution in [2.24, 2.45) is 0 Å². The predicted molar refractivity (Wildman–Crippen MR) is 57.9 cm³/mol. The van der Waals surface area contributed by atoms with E-state index in [1.54, 1.807) is 12.3 Å². The zero-order valence-corrected chi connectivity index (χ0v) is 13.3. The van der Waals surface area contributed by atoms with Crippen LogP contribution in [0.4, 0.5) is 5.82 Å². The summed E-state index contributed by atoms with van der Waals surface area (Å²) in [7, 11) is 0. The third kappa shape index (κ3) is 3.51. The van der Waals surface area contributed by atoms with Gasteiger partial charge in [0.05, 0.1) is 18.2 Å². The number of hydrogen-bond acceptors (Lipinski definition) is 4. The van der Waals surface area contributed by atoms with Crippen LogP contribution in [0.3, 0.4) is 0 Å². The largest absolute Gasteiger partial charge is 1.00 e. The molecule has 0 aromatic carbocycles. The molecule has 0 N–H and O–H groups in total. The van der Waals surface area contributed by atoms with Crippen molar-refractivity contribution in [3.8, 4) is 0 Å². The van der Waals surface area contributed by atoms with Crippen molar-refractivity contribution in [1.29, 1.82) is 0 Å². The van der Waals surface area contributed by atoms with Crippen LogP contribution < -0.4 is 56.3 Å². The molecule has 1 fully saturated rings. The van der Waals surface area contributed by atoms with Crippen molar-refractivity contribution in [3.63, 3.8) is 0 Å². The Morgan fingerprint density at radius 2 is 2.07 bits per heavy atom. The summed E-state index contributed by atoms with van der Waals surface area (Å²) in [5, 5.41) is 0.574. The molecular formula is C9H10ClKN2OS. The van der Waals surface area contributed by atoms with E-state index >= 15 is 0 Å². The Hall–Kier alpha value is 1.06. The first-order valence-electron chi connectivity index (χ1n) is 4.43. The first-order valence-corrected chi connectivity index (χ1v) is 5.22. The minimum Gasteiger partial charge on any atom is -0.778 e. The summed E-state index contributed by atoms with van der Waals surface area (Å²) in [4.78, 5) is 6.99. The van der Waals surface area contributed by atoms with Gasteiger partial charge in [-0.25, -0.2) is 4.98 Å². The van der Waals surface area contributed by atoms with Crippen LogP contribution in [-0.4, -0.2) is 31.3 Å². The van der Waals surface area contributed by atoms with Gasteiger partial charge in [0, 0.05) is 19.3 Å². The molecule has 1 aliphatic heterocycles. The van der Waals surface area contributed by atoms with E-state index in [1.807, 2.05) is 0 Å². The molecule has 0 saturated carbocycles. The molecule has 0 aliphatic carbocycles. The second-order valence-corrected chi connectivity index (χ2v) is 3.86. The number of hydrogen-bond donors (Lipinski definition) is 0. The molecule has 2 rings (SSSR count). The fraction of sp³-hybridized carbons (Fsp3) is 0.444. The molecule has 0 atom stereocenters. The molecule has 1 saturated heterocycles. The van der Waals surface area contributed by atoms with Crippen LogP contribution in [0.15, 0.2) is 17.2 Å². The van der Waals surface area contributed by atoms with Gasteiger partial charge in [0.1, 0.15) is 5.82 Å². The van der Waals surface area contributed by atoms with E-state index in [0.717, 1.165) is 32.1 Å². The minimum absolute atomic E-state index is 0. The van der Waals surface area contributed by atoms with Crippen molar-refractivity contribution in [3.05, 3.63) is 17.3 Å². The summed E-state index contributed by atoms with van der Waals surface area (Å²) in [6, 6.07) is 1.74. The van der Waals surface area contributed by atoms with Crippen molar-refractivity contribution in [2.45, 2.75) is 4.90 Å². The molecule has 2 heterocycles. The van der Waals surface area contributed by atoms with E-state index < -0.39 is 0 Å². The van der Waals surface area contributed by atoms with Gasteiger partial charge in [0.15, 0.2) is 0 Å². The van der Waals surface area contributed by atoms with Crippen molar-refractivity contribution in [2.75, 3.05) is 31.2 Å². The van der Waals surface area contributed by atoms with Crippen LogP contribution in [0.1, 0.15) is 0 Å². The second kappa shape index (κ2) is 6.71. The number of aromatic nitrogens is 1. The third-order valence-corrected chi connectivity index (χ3v) is 2.97. The Morgan fingerprint density at radius 1 is 1.40 bits per heavy atom. The number of ether oxygens (including phenoxy) is 1. The van der Waals surface area contributed by atoms with Crippen LogP contribution in [0.25, 0.3) is 0 Å². The Kier molecular flexibility index (Phi) is 6.32. The quantitative estimate of drug-likeness (QED) is 0.457. The van der Waals surface area contributed by atoms with Gasteiger partial charge in [-0.3, -0.25) is 0 Å². The van der Waals surface area contributed by atoms with Crippen LogP contribution >= 0.6 is 11.6 Å². The summed E-state index contributed by atoms with van der Waals surface area (Å²) in [5.74, 6) is 0.780. The molecule has 0 bridgehead atoms. The zero-order valence-electron chi connectivity index (χ0n) is 8.57. The number of rotatable bonds is 1. The molecule has 1 aromatic rings. The summed E-state index contributed by atoms with van der Waals surface area (Å²) >= 11 is 11.2. The van der Waals surface area contributed by atoms with Crippen LogP contribution in [0.2, 0.25) is 5.02 Å². The molecule has 1 aromatic heterocycles. The van der Waals surface area contributed by atoms with Gasteiger partial charge in [-0.05, 0) is 0 Å². The van der Waals surface area contributed by atoms with Gasteiger partial charge in [0.2, 0.25) is 0 Å². The van der Waals surface area contributed by atoms with E-state index in [9.17, 15) is 0 Å². The van der Waals surface area contributed by atoms with Gasteiger partial charge >= 0.3 is 51.4 Å². The molecule has 0 unspecified atom stereocenters. The Balaban J connectivity index is 0.00000112. The van der Waals surface area contributed by atoms with Gasteiger partial charge in [-0.1, -0.05) is 17.7 Å². The fourth-order valence-corrected chi connectivity index (χ4v) is 1.79. The normalized spacial score (nSPS) is 15.9. The number of anilines is 1. The first-order chi connectivity index (χ1) is 6.79. The first kappa shape index (κ1) is 14.1. The Bertz CT molecular complexity index is 334. The van der Waals surface area contributed by atoms with Gasteiger partial charge in [0.25, 0.3) is 0 Å². The Morgan fingerprint density at radius 3 is 2.73 bits per heavy atom. The van der Waals surface area contributed by atoms with Crippen molar-refractivity contribution in [1.82, 2.24) is 4.98 Å². The van der Waals surface area contributed by atoms with E-state index in [1.165, 1.54) is 0 Å². The van der Waals surface area contributed by atoms with Crippen LogP contribution in [-0.2, 0) is 17.4 Å². The maximum absolute atomic E-state index is 6.08. The molecule has 0 spiro atoms. The number of morpholine rings is 1. The monoisotopic (exact) mass is 268 g/mol. The standard InChI is InChI=1S/C9H11ClN2OS.K/c10-8-7(14)1-2-11-9(8)12-3-5-13-6-4-12;/h1-2H,3-6H2,(H,11,14);/q;+1/p-1. The molecule has 0 amide bonds. The summed E-state index contributed by atoms with van der Waals surface area (Å²) < 4.78 is 5.25. The smallest absolute Gasteiger partial charge is 0.778 e. The second-order valence-electron chi connectivity index (χ2n) is 3.05. The SMILES string of the molecule is [K+].[S-]c1ccnc(N2CCOCC2)c1Cl. The van der Waals surface area contributed by atoms with E-state index in [0.29, 0.717) is 9.92 Å². The van der Waals surface area contributed by atoms with E-state index in [2.05, 4.69) is 9.88 Å². The summed E-state index contributed by atoms with van der Waals surface area (Å²) in [5.41, 5.74) is 0. The average Bonchev–Trinajstić information content (AvgIpc) is 2.23. The zero-order chi connectivity index (χ0) is 9.97. The van der Waals surface area contributed by atoms with Crippen LogP contribution in [0, 0.1) is 0 Å². The average molecular weight is 269 g/mol. The predicted octanol–water partition coefficient (Wildman–Crippen LogP) is -1.52. The van der Waals surface area contributed by atoms with Crippen LogP contribution in [0.5, 0.6) is 0 Å². The molecule has 0 radical (unpaired) electrons. The van der Waals surface area contributed by atoms with E-state index in [4.69, 9.17) is 29.0 Å². The van der Waals surface area contributed by atoms with Gasteiger partial charge < -0.3 is 22.3 Å². The summed E-state index contributed by atoms with van der Waals surface area (Å²) in [6.45, 7) is 3.09. The maximum atomic E-state index is 6.08. The maximum Gasteiger partial charge on any atom is 1.00 e. The summed E-state index contributed by atoms with van der Waals surface area (Å²) in [6.07, 6.45) is 1.69. The van der Waals surface area contributed by atoms with Gasteiger partial charge in [-0.2, -0.15) is 4.90 Å². The topological polar surface area (TPSA) is 25.4 Å². The molecule has 15 heavy (non-hydrogen) atoms.